The van der Waals surface area contributed by atoms with Crippen LogP contribution in [0.3, 0.4) is 0 Å². The standard InChI is InChI=1S/C19H27NO3/c1-3-4-8-15(2)11-12-18(21)20-17(14-23-19(20)22)13-16-9-6-5-7-10-16/h5-7,9-10,15,17H,3-4,8,11-14H2,1-2H3/t15?,17-/m0/s1. The summed E-state index contributed by atoms with van der Waals surface area (Å²) in [6.45, 7) is 4.64. The number of cyclic esters (lactones) is 1. The lowest BCUT2D eigenvalue weighted by Gasteiger charge is -2.20. The molecule has 1 aromatic carbocycles. The monoisotopic (exact) mass is 317 g/mol. The number of carbonyl (C=O) groups excluding carboxylic acids is 2. The Bertz CT molecular complexity index is 515. The maximum atomic E-state index is 12.5. The van der Waals surface area contributed by atoms with Gasteiger partial charge in [0, 0.05) is 6.42 Å². The van der Waals surface area contributed by atoms with E-state index in [1.54, 1.807) is 0 Å². The smallest absolute Gasteiger partial charge is 0.416 e. The number of imide groups is 1. The predicted molar refractivity (Wildman–Crippen MR) is 90.1 cm³/mol. The molecular formula is C19H27NO3. The molecule has 0 radical (unpaired) electrons. The summed E-state index contributed by atoms with van der Waals surface area (Å²) in [6, 6.07) is 9.74. The van der Waals surface area contributed by atoms with Gasteiger partial charge in [-0.2, -0.15) is 0 Å². The highest BCUT2D eigenvalue weighted by Gasteiger charge is 2.37. The lowest BCUT2D eigenvalue weighted by molar-refractivity contribution is -0.129. The number of unbranched alkanes of at least 4 members (excludes halogenated alkanes) is 1. The minimum absolute atomic E-state index is 0.100. The molecule has 2 rings (SSSR count). The predicted octanol–water partition coefficient (Wildman–Crippen LogP) is 4.18. The van der Waals surface area contributed by atoms with E-state index in [-0.39, 0.29) is 11.9 Å². The van der Waals surface area contributed by atoms with Gasteiger partial charge < -0.3 is 4.74 Å². The van der Waals surface area contributed by atoms with Crippen LogP contribution in [0, 0.1) is 5.92 Å². The zero-order chi connectivity index (χ0) is 16.7. The van der Waals surface area contributed by atoms with E-state index in [2.05, 4.69) is 13.8 Å². The molecule has 4 nitrogen and oxygen atoms in total. The van der Waals surface area contributed by atoms with Crippen LogP contribution in [0.15, 0.2) is 30.3 Å². The van der Waals surface area contributed by atoms with Crippen molar-refractivity contribution >= 4 is 12.0 Å². The van der Waals surface area contributed by atoms with E-state index in [4.69, 9.17) is 4.74 Å². The van der Waals surface area contributed by atoms with Crippen LogP contribution in [0.4, 0.5) is 4.79 Å². The van der Waals surface area contributed by atoms with Gasteiger partial charge in [0.15, 0.2) is 0 Å². The maximum Gasteiger partial charge on any atom is 0.416 e. The first-order valence-electron chi connectivity index (χ1n) is 8.64. The first kappa shape index (κ1) is 17.5. The van der Waals surface area contributed by atoms with Gasteiger partial charge in [-0.15, -0.1) is 0 Å². The zero-order valence-electron chi connectivity index (χ0n) is 14.2. The number of ether oxygens (including phenoxy) is 1. The Morgan fingerprint density at radius 1 is 1.30 bits per heavy atom. The molecule has 0 saturated carbocycles. The van der Waals surface area contributed by atoms with Crippen LogP contribution in [0.1, 0.15) is 51.5 Å². The molecular weight excluding hydrogens is 290 g/mol. The maximum absolute atomic E-state index is 12.5. The fourth-order valence-corrected chi connectivity index (χ4v) is 2.99. The summed E-state index contributed by atoms with van der Waals surface area (Å²) < 4.78 is 5.11. The van der Waals surface area contributed by atoms with Crippen molar-refractivity contribution in [3.8, 4) is 0 Å². The molecule has 126 valence electrons. The normalized spacial score (nSPS) is 18.8. The Labute approximate surface area is 138 Å². The summed E-state index contributed by atoms with van der Waals surface area (Å²) in [5.41, 5.74) is 1.12. The van der Waals surface area contributed by atoms with Gasteiger partial charge in [0.25, 0.3) is 0 Å². The van der Waals surface area contributed by atoms with Gasteiger partial charge in [-0.25, -0.2) is 9.69 Å². The molecule has 23 heavy (non-hydrogen) atoms. The molecule has 2 atom stereocenters. The van der Waals surface area contributed by atoms with Crippen molar-refractivity contribution in [2.75, 3.05) is 6.61 Å². The van der Waals surface area contributed by atoms with Crippen molar-refractivity contribution in [3.05, 3.63) is 35.9 Å². The average molecular weight is 317 g/mol. The van der Waals surface area contributed by atoms with Gasteiger partial charge in [0.1, 0.15) is 6.61 Å². The van der Waals surface area contributed by atoms with E-state index < -0.39 is 6.09 Å². The highest BCUT2D eigenvalue weighted by atomic mass is 16.6. The second-order valence-corrected chi connectivity index (χ2v) is 6.47. The van der Waals surface area contributed by atoms with Crippen LogP contribution < -0.4 is 0 Å². The number of rotatable bonds is 8. The van der Waals surface area contributed by atoms with Gasteiger partial charge in [0.2, 0.25) is 5.91 Å². The number of nitrogens with zero attached hydrogens (tertiary/aromatic N) is 1. The van der Waals surface area contributed by atoms with Crippen LogP contribution in [0.25, 0.3) is 0 Å². The lowest BCUT2D eigenvalue weighted by atomic mass is 9.98. The van der Waals surface area contributed by atoms with E-state index in [0.29, 0.717) is 25.4 Å². The number of carbonyl (C=O) groups is 2. The van der Waals surface area contributed by atoms with Gasteiger partial charge in [-0.3, -0.25) is 4.79 Å². The fourth-order valence-electron chi connectivity index (χ4n) is 2.99. The highest BCUT2D eigenvalue weighted by molar-refractivity contribution is 5.93. The number of hydrogen-bond donors (Lipinski definition) is 0. The largest absolute Gasteiger partial charge is 0.447 e. The van der Waals surface area contributed by atoms with Crippen molar-refractivity contribution in [1.29, 1.82) is 0 Å². The molecule has 1 unspecified atom stereocenters. The molecule has 1 fully saturated rings. The molecule has 1 saturated heterocycles. The van der Waals surface area contributed by atoms with Crippen molar-refractivity contribution in [3.63, 3.8) is 0 Å². The quantitative estimate of drug-likeness (QED) is 0.722. The topological polar surface area (TPSA) is 46.6 Å². The molecule has 0 bridgehead atoms. The van der Waals surface area contributed by atoms with E-state index >= 15 is 0 Å². The SMILES string of the molecule is CCCCC(C)CCC(=O)N1C(=O)OC[C@@H]1Cc1ccccc1. The Morgan fingerprint density at radius 2 is 2.04 bits per heavy atom. The Balaban J connectivity index is 1.89. The van der Waals surface area contributed by atoms with Crippen LogP contribution in [0.5, 0.6) is 0 Å². The molecule has 1 aliphatic rings. The van der Waals surface area contributed by atoms with E-state index in [9.17, 15) is 9.59 Å². The van der Waals surface area contributed by atoms with Gasteiger partial charge in [-0.05, 0) is 24.3 Å². The molecule has 0 spiro atoms. The second kappa shape index (κ2) is 8.70. The third kappa shape index (κ3) is 5.08. The van der Waals surface area contributed by atoms with Gasteiger partial charge >= 0.3 is 6.09 Å². The number of benzene rings is 1. The third-order valence-electron chi connectivity index (χ3n) is 4.45. The molecule has 1 heterocycles. The van der Waals surface area contributed by atoms with E-state index in [1.807, 2.05) is 30.3 Å². The average Bonchev–Trinajstić information content (AvgIpc) is 2.92. The van der Waals surface area contributed by atoms with E-state index in [0.717, 1.165) is 18.4 Å². The van der Waals surface area contributed by atoms with Crippen LogP contribution >= 0.6 is 0 Å². The minimum Gasteiger partial charge on any atom is -0.447 e. The summed E-state index contributed by atoms with van der Waals surface area (Å²) >= 11 is 0. The summed E-state index contributed by atoms with van der Waals surface area (Å²) in [7, 11) is 0. The van der Waals surface area contributed by atoms with Crippen LogP contribution in [-0.4, -0.2) is 29.5 Å². The summed E-state index contributed by atoms with van der Waals surface area (Å²) in [5, 5.41) is 0. The molecule has 1 aliphatic heterocycles. The molecule has 0 aliphatic carbocycles. The fraction of sp³-hybridized carbons (Fsp3) is 0.579. The van der Waals surface area contributed by atoms with E-state index in [1.165, 1.54) is 17.7 Å². The molecule has 4 heteroatoms. The third-order valence-corrected chi connectivity index (χ3v) is 4.45. The minimum atomic E-state index is -0.489. The van der Waals surface area contributed by atoms with Crippen molar-refractivity contribution in [2.45, 2.75) is 58.4 Å². The first-order chi connectivity index (χ1) is 11.1. The first-order valence-corrected chi connectivity index (χ1v) is 8.64. The van der Waals surface area contributed by atoms with Crippen molar-refractivity contribution in [2.24, 2.45) is 5.92 Å². The molecule has 0 aromatic heterocycles. The van der Waals surface area contributed by atoms with Gasteiger partial charge in [-0.1, -0.05) is 63.4 Å². The summed E-state index contributed by atoms with van der Waals surface area (Å²) in [4.78, 5) is 25.7. The number of amides is 2. The van der Waals surface area contributed by atoms with Crippen molar-refractivity contribution in [1.82, 2.24) is 4.90 Å². The highest BCUT2D eigenvalue weighted by Crippen LogP contribution is 2.21. The molecule has 0 N–H and O–H groups in total. The van der Waals surface area contributed by atoms with Gasteiger partial charge in [0.05, 0.1) is 6.04 Å². The van der Waals surface area contributed by atoms with Crippen LogP contribution in [0.2, 0.25) is 0 Å². The zero-order valence-corrected chi connectivity index (χ0v) is 14.2. The summed E-state index contributed by atoms with van der Waals surface area (Å²) in [6.07, 6.45) is 4.93. The Kier molecular flexibility index (Phi) is 6.63. The number of hydrogen-bond acceptors (Lipinski definition) is 3. The molecule has 2 amide bonds. The lowest BCUT2D eigenvalue weighted by Crippen LogP contribution is -2.40. The Morgan fingerprint density at radius 3 is 2.74 bits per heavy atom. The van der Waals surface area contributed by atoms with Crippen LogP contribution in [-0.2, 0) is 16.0 Å². The second-order valence-electron chi connectivity index (χ2n) is 6.47. The summed E-state index contributed by atoms with van der Waals surface area (Å²) in [5.74, 6) is 0.418. The molecule has 1 aromatic rings. The van der Waals surface area contributed by atoms with Crippen molar-refractivity contribution < 1.29 is 14.3 Å². The Hall–Kier alpha value is -1.84.